The van der Waals surface area contributed by atoms with Gasteiger partial charge < -0.3 is 19.5 Å². The summed E-state index contributed by atoms with van der Waals surface area (Å²) >= 11 is 0. The molecule has 8 heteroatoms. The van der Waals surface area contributed by atoms with Crippen molar-refractivity contribution in [3.63, 3.8) is 0 Å². The highest BCUT2D eigenvalue weighted by molar-refractivity contribution is 6.17. The van der Waals surface area contributed by atoms with Crippen molar-refractivity contribution in [2.75, 3.05) is 0 Å². The van der Waals surface area contributed by atoms with E-state index in [4.69, 9.17) is 14.2 Å². The average Bonchev–Trinajstić information content (AvgIpc) is 2.33. The number of Topliss-reactive ketones (excluding diaryl/α,β-unsaturated/α-hetero) is 1. The van der Waals surface area contributed by atoms with Crippen LogP contribution >= 0.6 is 0 Å². The minimum absolute atomic E-state index is 0.249. The average molecular weight is 343 g/mol. The smallest absolute Gasteiger partial charge is 0.408 e. The van der Waals surface area contributed by atoms with Crippen molar-refractivity contribution < 1.29 is 33.4 Å². The maximum absolute atomic E-state index is 12.5. The van der Waals surface area contributed by atoms with Crippen LogP contribution in [0.3, 0.4) is 0 Å². The summed E-state index contributed by atoms with van der Waals surface area (Å²) < 4.78 is 15.0. The molecule has 0 aromatic rings. The molecule has 136 valence electrons. The second-order valence-corrected chi connectivity index (χ2v) is 7.06. The van der Waals surface area contributed by atoms with E-state index in [1.165, 1.54) is 13.8 Å². The number of cyclic esters (lactones) is 2. The van der Waals surface area contributed by atoms with Gasteiger partial charge in [-0.3, -0.25) is 14.4 Å². The van der Waals surface area contributed by atoms with E-state index in [2.05, 4.69) is 5.32 Å². The first-order valence-corrected chi connectivity index (χ1v) is 7.85. The Morgan fingerprint density at radius 1 is 1.21 bits per heavy atom. The number of ketones is 1. The summed E-state index contributed by atoms with van der Waals surface area (Å²) in [7, 11) is 0. The van der Waals surface area contributed by atoms with E-state index in [0.717, 1.165) is 0 Å². The number of hydrogen-bond donors (Lipinski definition) is 1. The Morgan fingerprint density at radius 3 is 2.12 bits per heavy atom. The minimum Gasteiger partial charge on any atom is -0.444 e. The monoisotopic (exact) mass is 343 g/mol. The van der Waals surface area contributed by atoms with Gasteiger partial charge >= 0.3 is 18.0 Å². The zero-order valence-corrected chi connectivity index (χ0v) is 14.9. The number of carbonyl (C=O) groups is 4. The third-order valence-electron chi connectivity index (χ3n) is 3.06. The molecule has 1 heterocycles. The number of hydrogen-bond acceptors (Lipinski definition) is 7. The standard InChI is InChI=1S/C16H25NO7/c1-7-8-9(17-14(21)24-15(2,3)4)11(18)10-12(19)22-16(5,6)23-13(10)20/h9-10H,7-8H2,1-6H3,(H,17,21). The van der Waals surface area contributed by atoms with Crippen LogP contribution in [0, 0.1) is 5.92 Å². The molecule has 0 aromatic carbocycles. The van der Waals surface area contributed by atoms with E-state index >= 15 is 0 Å². The second kappa shape index (κ2) is 7.19. The van der Waals surface area contributed by atoms with Gasteiger partial charge in [0.05, 0.1) is 6.04 Å². The van der Waals surface area contributed by atoms with Crippen LogP contribution in [0.4, 0.5) is 4.79 Å². The first-order chi connectivity index (χ1) is 10.9. The molecule has 24 heavy (non-hydrogen) atoms. The highest BCUT2D eigenvalue weighted by Gasteiger charge is 2.49. The Hall–Kier alpha value is -2.12. The van der Waals surface area contributed by atoms with Gasteiger partial charge in [-0.15, -0.1) is 0 Å². The van der Waals surface area contributed by atoms with E-state index in [-0.39, 0.29) is 6.42 Å². The summed E-state index contributed by atoms with van der Waals surface area (Å²) in [6.45, 7) is 9.64. The van der Waals surface area contributed by atoms with E-state index in [9.17, 15) is 19.2 Å². The Bertz CT molecular complexity index is 513. The predicted molar refractivity (Wildman–Crippen MR) is 82.8 cm³/mol. The van der Waals surface area contributed by atoms with E-state index in [0.29, 0.717) is 6.42 Å². The van der Waals surface area contributed by atoms with Gasteiger partial charge in [-0.25, -0.2) is 4.79 Å². The number of esters is 2. The van der Waals surface area contributed by atoms with E-state index in [1.807, 2.05) is 0 Å². The molecule has 0 radical (unpaired) electrons. The van der Waals surface area contributed by atoms with Gasteiger partial charge in [-0.05, 0) is 27.2 Å². The van der Waals surface area contributed by atoms with Crippen molar-refractivity contribution in [3.8, 4) is 0 Å². The summed E-state index contributed by atoms with van der Waals surface area (Å²) in [6.07, 6.45) is -0.000260. The largest absolute Gasteiger partial charge is 0.444 e. The van der Waals surface area contributed by atoms with Crippen molar-refractivity contribution in [2.45, 2.75) is 71.8 Å². The molecule has 1 unspecified atom stereocenters. The zero-order chi connectivity index (χ0) is 18.7. The van der Waals surface area contributed by atoms with Gasteiger partial charge in [0, 0.05) is 13.8 Å². The van der Waals surface area contributed by atoms with Gasteiger partial charge in [0.1, 0.15) is 5.60 Å². The van der Waals surface area contributed by atoms with Crippen LogP contribution in [-0.2, 0) is 28.6 Å². The third kappa shape index (κ3) is 5.50. The lowest BCUT2D eigenvalue weighted by atomic mass is 9.94. The molecule has 0 bridgehead atoms. The molecule has 1 amide bonds. The lowest BCUT2D eigenvalue weighted by Crippen LogP contribution is -2.54. The molecule has 1 N–H and O–H groups in total. The lowest BCUT2D eigenvalue weighted by Gasteiger charge is -2.33. The Balaban J connectivity index is 2.88. The zero-order valence-electron chi connectivity index (χ0n) is 14.9. The molecular weight excluding hydrogens is 318 g/mol. The van der Waals surface area contributed by atoms with E-state index in [1.54, 1.807) is 27.7 Å². The summed E-state index contributed by atoms with van der Waals surface area (Å²) in [5, 5.41) is 2.41. The third-order valence-corrected chi connectivity index (χ3v) is 3.06. The number of alkyl carbamates (subject to hydrolysis) is 1. The molecule has 0 aromatic heterocycles. The summed E-state index contributed by atoms with van der Waals surface area (Å²) in [5.74, 6) is -5.84. The Kier molecular flexibility index (Phi) is 5.97. The van der Waals surface area contributed by atoms with Gasteiger partial charge in [-0.1, -0.05) is 13.3 Å². The molecule has 1 saturated heterocycles. The second-order valence-electron chi connectivity index (χ2n) is 7.06. The number of nitrogens with one attached hydrogen (secondary N) is 1. The molecule has 0 spiro atoms. The summed E-state index contributed by atoms with van der Waals surface area (Å²) in [5.41, 5.74) is -0.739. The van der Waals surface area contributed by atoms with Gasteiger partial charge in [0.25, 0.3) is 5.79 Å². The van der Waals surface area contributed by atoms with Crippen LogP contribution in [0.1, 0.15) is 54.4 Å². The topological polar surface area (TPSA) is 108 Å². The van der Waals surface area contributed by atoms with Gasteiger partial charge in [-0.2, -0.15) is 0 Å². The summed E-state index contributed by atoms with van der Waals surface area (Å²) in [4.78, 5) is 48.4. The molecule has 1 aliphatic heterocycles. The number of amides is 1. The molecule has 1 fully saturated rings. The quantitative estimate of drug-likeness (QED) is 0.598. The maximum Gasteiger partial charge on any atom is 0.408 e. The molecule has 1 atom stereocenters. The summed E-state index contributed by atoms with van der Waals surface area (Å²) in [6, 6.07) is -1.05. The molecule has 1 rings (SSSR count). The van der Waals surface area contributed by atoms with E-state index < -0.39 is 47.2 Å². The van der Waals surface area contributed by atoms with Crippen LogP contribution in [0.15, 0.2) is 0 Å². The van der Waals surface area contributed by atoms with Gasteiger partial charge in [0.15, 0.2) is 5.78 Å². The van der Waals surface area contributed by atoms with Gasteiger partial charge in [0.2, 0.25) is 5.92 Å². The van der Waals surface area contributed by atoms with Crippen LogP contribution in [0.5, 0.6) is 0 Å². The van der Waals surface area contributed by atoms with Crippen molar-refractivity contribution in [1.29, 1.82) is 0 Å². The normalized spacial score (nSPS) is 19.1. The number of ether oxygens (including phenoxy) is 3. The molecule has 8 nitrogen and oxygen atoms in total. The number of carbonyl (C=O) groups excluding carboxylic acids is 4. The lowest BCUT2D eigenvalue weighted by molar-refractivity contribution is -0.238. The SMILES string of the molecule is CCCC(NC(=O)OC(C)(C)C)C(=O)C1C(=O)OC(C)(C)OC1=O. The van der Waals surface area contributed by atoms with Crippen molar-refractivity contribution >= 4 is 23.8 Å². The maximum atomic E-state index is 12.5. The fraction of sp³-hybridized carbons (Fsp3) is 0.750. The fourth-order valence-electron chi connectivity index (χ4n) is 2.18. The highest BCUT2D eigenvalue weighted by Crippen LogP contribution is 2.25. The molecular formula is C16H25NO7. The van der Waals surface area contributed by atoms with Crippen LogP contribution < -0.4 is 5.32 Å². The molecule has 0 saturated carbocycles. The highest BCUT2D eigenvalue weighted by atomic mass is 16.7. The Morgan fingerprint density at radius 2 is 1.71 bits per heavy atom. The molecule has 0 aliphatic carbocycles. The van der Waals surface area contributed by atoms with Crippen LogP contribution in [0.2, 0.25) is 0 Å². The van der Waals surface area contributed by atoms with Crippen molar-refractivity contribution in [1.82, 2.24) is 5.32 Å². The predicted octanol–water partition coefficient (Wildman–Crippen LogP) is 1.70. The van der Waals surface area contributed by atoms with Crippen molar-refractivity contribution in [2.24, 2.45) is 5.92 Å². The first kappa shape index (κ1) is 19.9. The van der Waals surface area contributed by atoms with Crippen molar-refractivity contribution in [3.05, 3.63) is 0 Å². The van der Waals surface area contributed by atoms with Crippen LogP contribution in [0.25, 0.3) is 0 Å². The minimum atomic E-state index is -1.70. The Labute approximate surface area is 141 Å². The van der Waals surface area contributed by atoms with Crippen LogP contribution in [-0.4, -0.2) is 41.2 Å². The molecule has 1 aliphatic rings. The first-order valence-electron chi connectivity index (χ1n) is 7.85. The fourth-order valence-corrected chi connectivity index (χ4v) is 2.18. The number of rotatable bonds is 5.